The van der Waals surface area contributed by atoms with Crippen molar-refractivity contribution in [2.75, 3.05) is 0 Å². The lowest BCUT2D eigenvalue weighted by Gasteiger charge is -2.23. The molecule has 230 valence electrons. The SMILES string of the molecule is O=C(NC1CCCCCC1)c1ccc(-c2ccc(CN(Cc3cccnc3)S(=O)(=O)c3ccc(C(F)(F)F)cc3)cc2)cc1. The van der Waals surface area contributed by atoms with E-state index in [9.17, 15) is 26.4 Å². The summed E-state index contributed by atoms with van der Waals surface area (Å²) in [7, 11) is -4.15. The number of benzene rings is 3. The second-order valence-corrected chi connectivity index (χ2v) is 13.0. The van der Waals surface area contributed by atoms with Crippen molar-refractivity contribution in [3.05, 3.63) is 120 Å². The quantitative estimate of drug-likeness (QED) is 0.195. The van der Waals surface area contributed by atoms with Gasteiger partial charge in [0.1, 0.15) is 0 Å². The number of pyridine rings is 1. The molecule has 1 fully saturated rings. The molecule has 1 N–H and O–H groups in total. The Balaban J connectivity index is 1.31. The number of carbonyl (C=O) groups excluding carboxylic acids is 1. The van der Waals surface area contributed by atoms with Gasteiger partial charge in [-0.05, 0) is 77.6 Å². The first kappa shape index (κ1) is 31.4. The largest absolute Gasteiger partial charge is 0.416 e. The monoisotopic (exact) mass is 621 g/mol. The van der Waals surface area contributed by atoms with Gasteiger partial charge in [0, 0.05) is 37.1 Å². The van der Waals surface area contributed by atoms with Crippen LogP contribution in [-0.4, -0.2) is 29.7 Å². The lowest BCUT2D eigenvalue weighted by atomic mass is 10.0. The summed E-state index contributed by atoms with van der Waals surface area (Å²) in [4.78, 5) is 16.6. The van der Waals surface area contributed by atoms with Gasteiger partial charge in [-0.15, -0.1) is 0 Å². The van der Waals surface area contributed by atoms with Gasteiger partial charge in [-0.2, -0.15) is 17.5 Å². The molecule has 6 nitrogen and oxygen atoms in total. The molecule has 5 rings (SSSR count). The minimum Gasteiger partial charge on any atom is -0.349 e. The first-order valence-corrected chi connectivity index (χ1v) is 16.1. The molecule has 0 bridgehead atoms. The Kier molecular flexibility index (Phi) is 9.80. The van der Waals surface area contributed by atoms with Crippen molar-refractivity contribution < 1.29 is 26.4 Å². The number of nitrogens with zero attached hydrogens (tertiary/aromatic N) is 2. The van der Waals surface area contributed by atoms with Gasteiger partial charge in [-0.3, -0.25) is 9.78 Å². The van der Waals surface area contributed by atoms with E-state index in [-0.39, 0.29) is 29.9 Å². The van der Waals surface area contributed by atoms with E-state index in [1.807, 2.05) is 48.5 Å². The van der Waals surface area contributed by atoms with Gasteiger partial charge in [-0.1, -0.05) is 68.1 Å². The molecule has 3 aromatic carbocycles. The van der Waals surface area contributed by atoms with Crippen LogP contribution in [0.3, 0.4) is 0 Å². The van der Waals surface area contributed by atoms with Crippen molar-refractivity contribution in [1.29, 1.82) is 0 Å². The molecule has 0 unspecified atom stereocenters. The number of nitrogens with one attached hydrogen (secondary N) is 1. The van der Waals surface area contributed by atoms with E-state index in [1.165, 1.54) is 17.1 Å². The van der Waals surface area contributed by atoms with Crippen molar-refractivity contribution in [1.82, 2.24) is 14.6 Å². The second kappa shape index (κ2) is 13.7. The number of rotatable bonds is 9. The summed E-state index contributed by atoms with van der Waals surface area (Å²) in [5, 5.41) is 3.16. The fourth-order valence-electron chi connectivity index (χ4n) is 5.40. The molecule has 0 aliphatic heterocycles. The minimum absolute atomic E-state index is 0.00118. The lowest BCUT2D eigenvalue weighted by molar-refractivity contribution is -0.137. The molecular weight excluding hydrogens is 587 g/mol. The average Bonchev–Trinajstić information content (AvgIpc) is 3.30. The Morgan fingerprint density at radius 1 is 0.795 bits per heavy atom. The smallest absolute Gasteiger partial charge is 0.349 e. The van der Waals surface area contributed by atoms with Gasteiger partial charge in [0.25, 0.3) is 5.91 Å². The summed E-state index contributed by atoms with van der Waals surface area (Å²) in [5.74, 6) is -0.0678. The van der Waals surface area contributed by atoms with Crippen LogP contribution in [0.25, 0.3) is 11.1 Å². The van der Waals surface area contributed by atoms with Crippen LogP contribution in [0.2, 0.25) is 0 Å². The number of sulfonamides is 1. The normalized spacial score (nSPS) is 14.7. The Bertz CT molecular complexity index is 1640. The van der Waals surface area contributed by atoms with Gasteiger partial charge in [-0.25, -0.2) is 8.42 Å². The Hall–Kier alpha value is -4.02. The van der Waals surface area contributed by atoms with Crippen LogP contribution in [0.1, 0.15) is 65.6 Å². The third kappa shape index (κ3) is 7.92. The molecule has 1 heterocycles. The number of alkyl halides is 3. The minimum atomic E-state index is -4.57. The lowest BCUT2D eigenvalue weighted by Crippen LogP contribution is -2.34. The molecule has 4 aromatic rings. The molecular formula is C34H34F3N3O3S. The topological polar surface area (TPSA) is 79.4 Å². The van der Waals surface area contributed by atoms with Crippen LogP contribution in [-0.2, 0) is 29.3 Å². The zero-order valence-corrected chi connectivity index (χ0v) is 24.9. The summed E-state index contributed by atoms with van der Waals surface area (Å²) < 4.78 is 67.7. The molecule has 0 spiro atoms. The molecule has 1 aromatic heterocycles. The van der Waals surface area contributed by atoms with Crippen LogP contribution in [0.4, 0.5) is 13.2 Å². The maximum atomic E-state index is 13.6. The number of aromatic nitrogens is 1. The molecule has 1 aliphatic carbocycles. The van der Waals surface area contributed by atoms with E-state index in [2.05, 4.69) is 10.3 Å². The summed E-state index contributed by atoms with van der Waals surface area (Å²) in [6.07, 6.45) is 5.31. The van der Waals surface area contributed by atoms with Crippen molar-refractivity contribution >= 4 is 15.9 Å². The summed E-state index contributed by atoms with van der Waals surface area (Å²) in [6.45, 7) is -0.0118. The van der Waals surface area contributed by atoms with Gasteiger partial charge in [0.05, 0.1) is 10.5 Å². The fourth-order valence-corrected chi connectivity index (χ4v) is 6.82. The standard InChI is InChI=1S/C34H34F3N3O3S/c35-34(36,37)30-17-19-32(20-18-30)44(42,43)40(24-26-6-5-21-38-22-26)23-25-9-11-27(12-10-25)28-13-15-29(16-14-28)33(41)39-31-7-3-1-2-4-8-31/h5-6,9-22,31H,1-4,7-8,23-24H2,(H,39,41). The molecule has 0 radical (unpaired) electrons. The van der Waals surface area contributed by atoms with Gasteiger partial charge in [0.15, 0.2) is 0 Å². The highest BCUT2D eigenvalue weighted by atomic mass is 32.2. The molecule has 10 heteroatoms. The Morgan fingerprint density at radius 2 is 1.39 bits per heavy atom. The summed E-state index contributed by atoms with van der Waals surface area (Å²) in [5.41, 5.74) is 2.84. The second-order valence-electron chi connectivity index (χ2n) is 11.1. The highest BCUT2D eigenvalue weighted by Gasteiger charge is 2.32. The number of amides is 1. The van der Waals surface area contributed by atoms with Gasteiger partial charge >= 0.3 is 6.18 Å². The number of halogens is 3. The molecule has 44 heavy (non-hydrogen) atoms. The molecule has 0 saturated heterocycles. The zero-order chi connectivity index (χ0) is 31.2. The third-order valence-corrected chi connectivity index (χ3v) is 9.69. The zero-order valence-electron chi connectivity index (χ0n) is 24.1. The summed E-state index contributed by atoms with van der Waals surface area (Å²) >= 11 is 0. The van der Waals surface area contributed by atoms with E-state index in [0.717, 1.165) is 61.1 Å². The van der Waals surface area contributed by atoms with Crippen LogP contribution < -0.4 is 5.32 Å². The number of hydrogen-bond donors (Lipinski definition) is 1. The van der Waals surface area contributed by atoms with E-state index in [4.69, 9.17) is 0 Å². The highest BCUT2D eigenvalue weighted by Crippen LogP contribution is 2.31. The van der Waals surface area contributed by atoms with E-state index in [0.29, 0.717) is 16.7 Å². The molecule has 1 saturated carbocycles. The van der Waals surface area contributed by atoms with Gasteiger partial charge in [0.2, 0.25) is 10.0 Å². The first-order chi connectivity index (χ1) is 21.1. The fraction of sp³-hybridized carbons (Fsp3) is 0.294. The van der Waals surface area contributed by atoms with Gasteiger partial charge < -0.3 is 5.32 Å². The van der Waals surface area contributed by atoms with Crippen molar-refractivity contribution in [2.24, 2.45) is 0 Å². The van der Waals surface area contributed by atoms with E-state index in [1.54, 1.807) is 24.5 Å². The van der Waals surface area contributed by atoms with Crippen molar-refractivity contribution in [3.8, 4) is 11.1 Å². The molecule has 0 atom stereocenters. The molecule has 1 aliphatic rings. The average molecular weight is 622 g/mol. The van der Waals surface area contributed by atoms with Crippen LogP contribution >= 0.6 is 0 Å². The Morgan fingerprint density at radius 3 is 1.95 bits per heavy atom. The van der Waals surface area contributed by atoms with E-state index < -0.39 is 21.8 Å². The first-order valence-electron chi connectivity index (χ1n) is 14.7. The predicted molar refractivity (Wildman–Crippen MR) is 163 cm³/mol. The van der Waals surface area contributed by atoms with Crippen molar-refractivity contribution in [2.45, 2.75) is 68.7 Å². The van der Waals surface area contributed by atoms with E-state index >= 15 is 0 Å². The van der Waals surface area contributed by atoms with Crippen LogP contribution in [0.5, 0.6) is 0 Å². The number of hydrogen-bond acceptors (Lipinski definition) is 4. The predicted octanol–water partition coefficient (Wildman–Crippen LogP) is 7.61. The number of carbonyl (C=O) groups is 1. The summed E-state index contributed by atoms with van der Waals surface area (Å²) in [6, 6.07) is 22.0. The van der Waals surface area contributed by atoms with Crippen LogP contribution in [0, 0.1) is 0 Å². The van der Waals surface area contributed by atoms with Crippen molar-refractivity contribution in [3.63, 3.8) is 0 Å². The maximum absolute atomic E-state index is 13.6. The highest BCUT2D eigenvalue weighted by molar-refractivity contribution is 7.89. The van der Waals surface area contributed by atoms with Crippen LogP contribution in [0.15, 0.2) is 102 Å². The Labute approximate surface area is 256 Å². The molecule has 1 amide bonds. The third-order valence-electron chi connectivity index (χ3n) is 7.88. The maximum Gasteiger partial charge on any atom is 0.416 e.